The Labute approximate surface area is 140 Å². The Morgan fingerprint density at radius 3 is 2.50 bits per heavy atom. The number of esters is 1. The second-order valence-corrected chi connectivity index (χ2v) is 4.51. The fourth-order valence-corrected chi connectivity index (χ4v) is 1.67. The minimum absolute atomic E-state index is 0.0330. The molecule has 8 nitrogen and oxygen atoms in total. The van der Waals surface area contributed by atoms with Crippen LogP contribution in [-0.2, 0) is 25.8 Å². The third kappa shape index (κ3) is 5.21. The van der Waals surface area contributed by atoms with Gasteiger partial charge in [0.05, 0.1) is 12.2 Å². The average Bonchev–Trinajstić information content (AvgIpc) is 2.59. The molecule has 0 amide bonds. The molecule has 0 radical (unpaired) electrons. The molecule has 0 unspecified atom stereocenters. The number of hydrogen-bond acceptors (Lipinski definition) is 7. The minimum Gasteiger partial charge on any atom is -0.464 e. The van der Waals surface area contributed by atoms with Crippen LogP contribution in [0.5, 0.6) is 0 Å². The fraction of sp³-hybridized carbons (Fsp3) is 0.312. The lowest BCUT2D eigenvalue weighted by molar-refractivity contribution is -0.132. The highest BCUT2D eigenvalue weighted by Crippen LogP contribution is 2.13. The molecule has 0 aliphatic heterocycles. The standard InChI is InChI=1S/C16H18N4O4/c1-11(18-17-3)12(2)19-24-10-13-8-6-7-9-14(13)15(20-23-5)16(21)22-4/h6-9H,10H2,1-2,4-5H3/b18-11-,19-12-,20-15-. The van der Waals surface area contributed by atoms with E-state index in [0.717, 1.165) is 0 Å². The van der Waals surface area contributed by atoms with Gasteiger partial charge in [-0.15, -0.1) is 4.95 Å². The van der Waals surface area contributed by atoms with Crippen molar-refractivity contribution in [2.24, 2.45) is 15.4 Å². The Morgan fingerprint density at radius 2 is 1.88 bits per heavy atom. The summed E-state index contributed by atoms with van der Waals surface area (Å²) in [6.07, 6.45) is 0. The molecule has 0 N–H and O–H groups in total. The van der Waals surface area contributed by atoms with Crippen LogP contribution in [0.1, 0.15) is 25.0 Å². The molecule has 0 fully saturated rings. The van der Waals surface area contributed by atoms with Crippen LogP contribution in [0, 0.1) is 6.57 Å². The van der Waals surface area contributed by atoms with Gasteiger partial charge in [-0.2, -0.15) is 6.57 Å². The van der Waals surface area contributed by atoms with Gasteiger partial charge in [0.25, 0.3) is 0 Å². The largest absolute Gasteiger partial charge is 0.464 e. The molecule has 0 saturated carbocycles. The molecule has 0 bridgehead atoms. The zero-order valence-electron chi connectivity index (χ0n) is 13.9. The van der Waals surface area contributed by atoms with Crippen LogP contribution >= 0.6 is 0 Å². The van der Waals surface area contributed by atoms with E-state index < -0.39 is 5.97 Å². The molecule has 0 spiro atoms. The Morgan fingerprint density at radius 1 is 1.17 bits per heavy atom. The van der Waals surface area contributed by atoms with Crippen molar-refractivity contribution in [3.8, 4) is 0 Å². The first kappa shape index (κ1) is 18.8. The summed E-state index contributed by atoms with van der Waals surface area (Å²) >= 11 is 0. The predicted molar refractivity (Wildman–Crippen MR) is 89.6 cm³/mol. The van der Waals surface area contributed by atoms with E-state index in [2.05, 4.69) is 20.4 Å². The SMILES string of the molecule is [C-]#[N+]/N=C(C)\C(C)=N/OCc1ccccc1/C(=N/OC)C(=O)OC. The van der Waals surface area contributed by atoms with Crippen molar-refractivity contribution in [2.75, 3.05) is 14.2 Å². The van der Waals surface area contributed by atoms with Gasteiger partial charge in [-0.25, -0.2) is 4.79 Å². The molecule has 8 heteroatoms. The van der Waals surface area contributed by atoms with Gasteiger partial charge in [-0.05, 0) is 13.8 Å². The van der Waals surface area contributed by atoms with E-state index >= 15 is 0 Å². The van der Waals surface area contributed by atoms with Crippen molar-refractivity contribution in [1.82, 2.24) is 0 Å². The molecule has 126 valence electrons. The lowest BCUT2D eigenvalue weighted by Gasteiger charge is -2.09. The van der Waals surface area contributed by atoms with Crippen LogP contribution < -0.4 is 0 Å². The third-order valence-corrected chi connectivity index (χ3v) is 2.98. The van der Waals surface area contributed by atoms with Crippen LogP contribution in [0.3, 0.4) is 0 Å². The Balaban J connectivity index is 3.01. The van der Waals surface area contributed by atoms with E-state index in [-0.39, 0.29) is 12.3 Å². The zero-order chi connectivity index (χ0) is 17.9. The first-order chi connectivity index (χ1) is 11.5. The van der Waals surface area contributed by atoms with E-state index in [1.54, 1.807) is 38.1 Å². The Bertz CT molecular complexity index is 717. The average molecular weight is 330 g/mol. The highest BCUT2D eigenvalue weighted by Gasteiger charge is 2.19. The van der Waals surface area contributed by atoms with E-state index in [1.807, 2.05) is 0 Å². The molecule has 0 saturated heterocycles. The Hall–Kier alpha value is -3.21. The smallest absolute Gasteiger partial charge is 0.360 e. The van der Waals surface area contributed by atoms with Crippen molar-refractivity contribution in [3.05, 3.63) is 46.9 Å². The lowest BCUT2D eigenvalue weighted by atomic mass is 10.0. The van der Waals surface area contributed by atoms with E-state index in [1.165, 1.54) is 14.2 Å². The molecule has 0 aliphatic carbocycles. The van der Waals surface area contributed by atoms with Gasteiger partial charge in [0.2, 0.25) is 0 Å². The molecule has 0 aromatic heterocycles. The monoisotopic (exact) mass is 330 g/mol. The summed E-state index contributed by atoms with van der Waals surface area (Å²) in [6, 6.07) is 7.03. The highest BCUT2D eigenvalue weighted by molar-refractivity contribution is 6.43. The summed E-state index contributed by atoms with van der Waals surface area (Å²) in [7, 11) is 2.61. The number of rotatable bonds is 7. The van der Waals surface area contributed by atoms with E-state index in [0.29, 0.717) is 22.6 Å². The van der Waals surface area contributed by atoms with Crippen LogP contribution in [-0.4, -0.2) is 37.3 Å². The fourth-order valence-electron chi connectivity index (χ4n) is 1.67. The molecule has 0 atom stereocenters. The summed E-state index contributed by atoms with van der Waals surface area (Å²) in [6.45, 7) is 10.1. The number of carbonyl (C=O) groups excluding carboxylic acids is 1. The normalized spacial score (nSPS) is 12.4. The second kappa shape index (κ2) is 9.74. The molecular formula is C16H18N4O4. The topological polar surface area (TPSA) is 86.2 Å². The molecule has 24 heavy (non-hydrogen) atoms. The molecule has 1 rings (SSSR count). The van der Waals surface area contributed by atoms with Gasteiger partial charge in [0.15, 0.2) is 5.71 Å². The highest BCUT2D eigenvalue weighted by atomic mass is 16.6. The number of carbonyl (C=O) groups is 1. The van der Waals surface area contributed by atoms with Crippen LogP contribution in [0.2, 0.25) is 0 Å². The maximum atomic E-state index is 11.9. The number of methoxy groups -OCH3 is 1. The van der Waals surface area contributed by atoms with Crippen molar-refractivity contribution < 1.29 is 19.2 Å². The number of hydrogen-bond donors (Lipinski definition) is 0. The van der Waals surface area contributed by atoms with Crippen LogP contribution in [0.25, 0.3) is 4.95 Å². The van der Waals surface area contributed by atoms with Gasteiger partial charge < -0.3 is 14.4 Å². The second-order valence-electron chi connectivity index (χ2n) is 4.51. The summed E-state index contributed by atoms with van der Waals surface area (Å²) in [5.41, 5.74) is 2.18. The summed E-state index contributed by atoms with van der Waals surface area (Å²) in [5, 5.41) is 11.2. The molecule has 0 heterocycles. The number of ether oxygens (including phenoxy) is 1. The Kier molecular flexibility index (Phi) is 7.64. The van der Waals surface area contributed by atoms with Gasteiger partial charge >= 0.3 is 5.97 Å². The zero-order valence-corrected chi connectivity index (χ0v) is 13.9. The summed E-state index contributed by atoms with van der Waals surface area (Å²) < 4.78 is 4.71. The molecule has 1 aromatic carbocycles. The number of nitrogens with zero attached hydrogens (tertiary/aromatic N) is 4. The van der Waals surface area contributed by atoms with Gasteiger partial charge in [0, 0.05) is 11.1 Å². The first-order valence-corrected chi connectivity index (χ1v) is 6.90. The van der Waals surface area contributed by atoms with E-state index in [4.69, 9.17) is 21.0 Å². The lowest BCUT2D eigenvalue weighted by Crippen LogP contribution is -2.19. The minimum atomic E-state index is -0.621. The summed E-state index contributed by atoms with van der Waals surface area (Å²) in [5.74, 6) is -0.621. The first-order valence-electron chi connectivity index (χ1n) is 6.90. The van der Waals surface area contributed by atoms with E-state index in [9.17, 15) is 4.79 Å². The van der Waals surface area contributed by atoms with Gasteiger partial charge in [-0.1, -0.05) is 34.6 Å². The molecular weight excluding hydrogens is 312 g/mol. The maximum Gasteiger partial charge on any atom is 0.360 e. The van der Waals surface area contributed by atoms with Crippen molar-refractivity contribution >= 4 is 23.1 Å². The van der Waals surface area contributed by atoms with Gasteiger partial charge in [0.1, 0.15) is 25.1 Å². The molecule has 0 aliphatic rings. The van der Waals surface area contributed by atoms with Crippen LogP contribution in [0.15, 0.2) is 39.7 Å². The van der Waals surface area contributed by atoms with Gasteiger partial charge in [-0.3, -0.25) is 0 Å². The third-order valence-electron chi connectivity index (χ3n) is 2.98. The van der Waals surface area contributed by atoms with Crippen LogP contribution in [0.4, 0.5) is 0 Å². The predicted octanol–water partition coefficient (Wildman–Crippen LogP) is 2.40. The van der Waals surface area contributed by atoms with Crippen molar-refractivity contribution in [2.45, 2.75) is 20.5 Å². The van der Waals surface area contributed by atoms with Crippen molar-refractivity contribution in [3.63, 3.8) is 0 Å². The maximum absolute atomic E-state index is 11.9. The number of oxime groups is 2. The van der Waals surface area contributed by atoms with Crippen molar-refractivity contribution in [1.29, 1.82) is 0 Å². The number of benzene rings is 1. The quantitative estimate of drug-likeness (QED) is 0.332. The summed E-state index contributed by atoms with van der Waals surface area (Å²) in [4.78, 5) is 24.8. The molecule has 1 aromatic rings.